The third-order valence-electron chi connectivity index (χ3n) is 9.07. The van der Waals surface area contributed by atoms with Crippen molar-refractivity contribution < 1.29 is 4.74 Å². The highest BCUT2D eigenvalue weighted by molar-refractivity contribution is 5.50. The first-order chi connectivity index (χ1) is 21.8. The second-order valence-corrected chi connectivity index (χ2v) is 11.9. The molecule has 1 saturated heterocycles. The summed E-state index contributed by atoms with van der Waals surface area (Å²) < 4.78 is 7.83. The van der Waals surface area contributed by atoms with Crippen LogP contribution in [0.15, 0.2) is 134 Å². The molecule has 1 aliphatic heterocycles. The fourth-order valence-electron chi connectivity index (χ4n) is 6.89. The molecule has 1 aromatic heterocycles. The van der Waals surface area contributed by atoms with Gasteiger partial charge in [-0.15, -0.1) is 0 Å². The quantitative estimate of drug-likeness (QED) is 0.141. The van der Waals surface area contributed by atoms with E-state index < -0.39 is 5.54 Å². The number of rotatable bonds is 13. The van der Waals surface area contributed by atoms with Crippen molar-refractivity contribution in [1.82, 2.24) is 19.4 Å². The van der Waals surface area contributed by atoms with Crippen LogP contribution in [-0.4, -0.2) is 65.3 Å². The number of benzene rings is 4. The Hall–Kier alpha value is -4.03. The number of methoxy groups -OCH3 is 1. The number of hydrogen-bond donors (Lipinski definition) is 0. The van der Waals surface area contributed by atoms with E-state index in [0.717, 1.165) is 64.3 Å². The van der Waals surface area contributed by atoms with E-state index in [2.05, 4.69) is 142 Å². The standard InChI is InChI=1S/C39H44N4O/c1-44-28-24-38-31-41(29-33-15-6-2-7-16-33)26-27-42(38)25-14-23-37-30-43(32-40-37)39(34-17-8-3-9-18-34,35-19-10-4-11-20-35)36-21-12-5-13-22-36/h2-13,15-22,30,32,38H,14,23-29,31H2,1H3/t38-/m0/s1. The van der Waals surface area contributed by atoms with Crippen LogP contribution in [0.4, 0.5) is 0 Å². The molecule has 0 aliphatic carbocycles. The molecule has 5 nitrogen and oxygen atoms in total. The molecule has 226 valence electrons. The molecule has 6 rings (SSSR count). The van der Waals surface area contributed by atoms with Gasteiger partial charge in [0.25, 0.3) is 0 Å². The van der Waals surface area contributed by atoms with Gasteiger partial charge in [-0.05, 0) is 48.1 Å². The van der Waals surface area contributed by atoms with Crippen molar-refractivity contribution in [3.8, 4) is 0 Å². The summed E-state index contributed by atoms with van der Waals surface area (Å²) in [4.78, 5) is 10.3. The number of ether oxygens (including phenoxy) is 1. The van der Waals surface area contributed by atoms with E-state index in [1.165, 1.54) is 22.3 Å². The maximum Gasteiger partial charge on any atom is 0.121 e. The van der Waals surface area contributed by atoms with Crippen molar-refractivity contribution in [2.45, 2.75) is 37.4 Å². The van der Waals surface area contributed by atoms with Crippen LogP contribution in [0.1, 0.15) is 40.8 Å². The molecule has 5 heteroatoms. The highest BCUT2D eigenvalue weighted by Crippen LogP contribution is 2.40. The van der Waals surface area contributed by atoms with Crippen LogP contribution in [0, 0.1) is 0 Å². The summed E-state index contributed by atoms with van der Waals surface area (Å²) in [5, 5.41) is 0. The lowest BCUT2D eigenvalue weighted by Crippen LogP contribution is -2.53. The Morgan fingerprint density at radius 2 is 1.32 bits per heavy atom. The summed E-state index contributed by atoms with van der Waals surface area (Å²) in [6, 6.07) is 43.8. The van der Waals surface area contributed by atoms with Gasteiger partial charge in [0.2, 0.25) is 0 Å². The van der Waals surface area contributed by atoms with Crippen molar-refractivity contribution in [1.29, 1.82) is 0 Å². The topological polar surface area (TPSA) is 33.5 Å². The van der Waals surface area contributed by atoms with Crippen LogP contribution in [-0.2, 0) is 23.2 Å². The molecular formula is C39H44N4O. The molecule has 1 aliphatic rings. The Labute approximate surface area is 262 Å². The van der Waals surface area contributed by atoms with Crippen molar-refractivity contribution in [3.63, 3.8) is 0 Å². The van der Waals surface area contributed by atoms with Crippen LogP contribution in [0.25, 0.3) is 0 Å². The van der Waals surface area contributed by atoms with Crippen LogP contribution in [0.2, 0.25) is 0 Å². The molecule has 0 amide bonds. The molecule has 2 heterocycles. The van der Waals surface area contributed by atoms with E-state index in [0.29, 0.717) is 6.04 Å². The molecule has 0 bridgehead atoms. The lowest BCUT2D eigenvalue weighted by molar-refractivity contribution is 0.0486. The fraction of sp³-hybridized carbons (Fsp3) is 0.308. The maximum absolute atomic E-state index is 5.51. The van der Waals surface area contributed by atoms with E-state index in [4.69, 9.17) is 9.72 Å². The second-order valence-electron chi connectivity index (χ2n) is 11.9. The van der Waals surface area contributed by atoms with Gasteiger partial charge in [-0.1, -0.05) is 121 Å². The summed E-state index contributed by atoms with van der Waals surface area (Å²) in [6.07, 6.45) is 7.39. The fourth-order valence-corrected chi connectivity index (χ4v) is 6.89. The number of hydrogen-bond acceptors (Lipinski definition) is 4. The Balaban J connectivity index is 1.19. The van der Waals surface area contributed by atoms with Gasteiger partial charge in [0.1, 0.15) is 5.54 Å². The zero-order chi connectivity index (χ0) is 30.0. The van der Waals surface area contributed by atoms with Crippen molar-refractivity contribution >= 4 is 0 Å². The Kier molecular flexibility index (Phi) is 9.98. The van der Waals surface area contributed by atoms with E-state index >= 15 is 0 Å². The third kappa shape index (κ3) is 6.71. The minimum absolute atomic E-state index is 0.506. The molecule has 0 spiro atoms. The zero-order valence-electron chi connectivity index (χ0n) is 25.8. The molecule has 5 aromatic rings. The molecule has 0 saturated carbocycles. The molecule has 4 aromatic carbocycles. The molecular weight excluding hydrogens is 540 g/mol. The second kappa shape index (κ2) is 14.6. The summed E-state index contributed by atoms with van der Waals surface area (Å²) in [5.74, 6) is 0. The third-order valence-corrected chi connectivity index (χ3v) is 9.07. The van der Waals surface area contributed by atoms with Gasteiger partial charge >= 0.3 is 0 Å². The first kappa shape index (κ1) is 30.0. The monoisotopic (exact) mass is 584 g/mol. The van der Waals surface area contributed by atoms with Crippen LogP contribution in [0.3, 0.4) is 0 Å². The number of piperazine rings is 1. The highest BCUT2D eigenvalue weighted by atomic mass is 16.5. The average molecular weight is 585 g/mol. The van der Waals surface area contributed by atoms with Crippen molar-refractivity contribution in [3.05, 3.63) is 162 Å². The summed E-state index contributed by atoms with van der Waals surface area (Å²) in [6.45, 7) is 6.16. The Morgan fingerprint density at radius 3 is 1.89 bits per heavy atom. The number of imidazole rings is 1. The molecule has 0 radical (unpaired) electrons. The van der Waals surface area contributed by atoms with Gasteiger partial charge in [-0.25, -0.2) is 4.98 Å². The van der Waals surface area contributed by atoms with Crippen molar-refractivity contribution in [2.24, 2.45) is 0 Å². The van der Waals surface area contributed by atoms with E-state index in [1.807, 2.05) is 13.4 Å². The summed E-state index contributed by atoms with van der Waals surface area (Å²) in [5.41, 5.74) is 5.66. The number of nitrogens with zero attached hydrogens (tertiary/aromatic N) is 4. The Bertz CT molecular complexity index is 1440. The van der Waals surface area contributed by atoms with Crippen LogP contribution in [0.5, 0.6) is 0 Å². The van der Waals surface area contributed by atoms with Gasteiger partial charge in [0, 0.05) is 52.1 Å². The Morgan fingerprint density at radius 1 is 0.750 bits per heavy atom. The predicted molar refractivity (Wildman–Crippen MR) is 179 cm³/mol. The van der Waals surface area contributed by atoms with Gasteiger partial charge in [0.05, 0.1) is 12.0 Å². The minimum Gasteiger partial charge on any atom is -0.385 e. The van der Waals surface area contributed by atoms with Crippen LogP contribution < -0.4 is 0 Å². The van der Waals surface area contributed by atoms with Gasteiger partial charge in [-0.2, -0.15) is 0 Å². The molecule has 0 unspecified atom stereocenters. The summed E-state index contributed by atoms with van der Waals surface area (Å²) >= 11 is 0. The van der Waals surface area contributed by atoms with E-state index in [-0.39, 0.29) is 0 Å². The van der Waals surface area contributed by atoms with Gasteiger partial charge in [0.15, 0.2) is 0 Å². The largest absolute Gasteiger partial charge is 0.385 e. The van der Waals surface area contributed by atoms with Gasteiger partial charge < -0.3 is 9.30 Å². The summed E-state index contributed by atoms with van der Waals surface area (Å²) in [7, 11) is 1.81. The smallest absolute Gasteiger partial charge is 0.121 e. The number of aromatic nitrogens is 2. The molecule has 1 atom stereocenters. The lowest BCUT2D eigenvalue weighted by atomic mass is 9.77. The molecule has 0 N–H and O–H groups in total. The highest BCUT2D eigenvalue weighted by Gasteiger charge is 2.38. The van der Waals surface area contributed by atoms with E-state index in [1.54, 1.807) is 0 Å². The first-order valence-electron chi connectivity index (χ1n) is 16.0. The maximum atomic E-state index is 5.51. The minimum atomic E-state index is -0.518. The van der Waals surface area contributed by atoms with Gasteiger partial charge in [-0.3, -0.25) is 9.80 Å². The molecule has 1 fully saturated rings. The number of aryl methyl sites for hydroxylation is 1. The van der Waals surface area contributed by atoms with Crippen LogP contribution >= 0.6 is 0 Å². The zero-order valence-corrected chi connectivity index (χ0v) is 25.8. The van der Waals surface area contributed by atoms with E-state index in [9.17, 15) is 0 Å². The predicted octanol–water partition coefficient (Wildman–Crippen LogP) is 6.88. The lowest BCUT2D eigenvalue weighted by Gasteiger charge is -2.41. The molecule has 44 heavy (non-hydrogen) atoms. The first-order valence-corrected chi connectivity index (χ1v) is 16.0. The normalized spacial score (nSPS) is 16.2. The average Bonchev–Trinajstić information content (AvgIpc) is 3.56. The van der Waals surface area contributed by atoms with Crippen molar-refractivity contribution in [2.75, 3.05) is 39.9 Å². The SMILES string of the molecule is COCC[C@H]1CN(Cc2ccccc2)CCN1CCCc1cn(C(c2ccccc2)(c2ccccc2)c2ccccc2)cn1.